The lowest BCUT2D eigenvalue weighted by Crippen LogP contribution is -2.27. The average Bonchev–Trinajstić information content (AvgIpc) is 2.16. The molecule has 0 aromatic carbocycles. The van der Waals surface area contributed by atoms with Gasteiger partial charge in [0.15, 0.2) is 0 Å². The molecule has 0 fully saturated rings. The van der Waals surface area contributed by atoms with Crippen LogP contribution >= 0.6 is 0 Å². The van der Waals surface area contributed by atoms with E-state index in [9.17, 15) is 0 Å². The van der Waals surface area contributed by atoms with Crippen molar-refractivity contribution in [2.45, 2.75) is 46.1 Å². The maximum absolute atomic E-state index is 3.27. The van der Waals surface area contributed by atoms with Crippen molar-refractivity contribution in [2.75, 3.05) is 26.7 Å². The Morgan fingerprint density at radius 2 is 1.92 bits per heavy atom. The summed E-state index contributed by atoms with van der Waals surface area (Å²) < 4.78 is 0. The van der Waals surface area contributed by atoms with Crippen LogP contribution in [-0.4, -0.2) is 37.6 Å². The molecule has 2 heteroatoms. The van der Waals surface area contributed by atoms with Gasteiger partial charge >= 0.3 is 0 Å². The smallest absolute Gasteiger partial charge is 0.00362 e. The predicted octanol–water partition coefficient (Wildman–Crippen LogP) is 2.11. The van der Waals surface area contributed by atoms with Crippen molar-refractivity contribution in [1.82, 2.24) is 10.2 Å². The molecule has 0 bridgehead atoms. The molecule has 0 aromatic heterocycles. The fraction of sp³-hybridized carbons (Fsp3) is 1.00. The van der Waals surface area contributed by atoms with Crippen molar-refractivity contribution < 1.29 is 0 Å². The minimum Gasteiger partial charge on any atom is -0.317 e. The first kappa shape index (κ1) is 12.9. The summed E-state index contributed by atoms with van der Waals surface area (Å²) in [6.45, 7) is 10.5. The lowest BCUT2D eigenvalue weighted by atomic mass is 10.2. The second kappa shape index (κ2) is 8.52. The number of rotatable bonds is 8. The molecule has 80 valence electrons. The lowest BCUT2D eigenvalue weighted by molar-refractivity contribution is 0.278. The van der Waals surface area contributed by atoms with E-state index in [0.29, 0.717) is 6.04 Å². The van der Waals surface area contributed by atoms with E-state index in [2.05, 4.69) is 31.0 Å². The summed E-state index contributed by atoms with van der Waals surface area (Å²) in [5.74, 6) is 0. The fourth-order valence-electron chi connectivity index (χ4n) is 1.51. The van der Waals surface area contributed by atoms with E-state index in [-0.39, 0.29) is 0 Å². The van der Waals surface area contributed by atoms with Gasteiger partial charge in [0.05, 0.1) is 0 Å². The summed E-state index contributed by atoms with van der Waals surface area (Å²) in [5.41, 5.74) is 0. The van der Waals surface area contributed by atoms with Gasteiger partial charge < -0.3 is 10.2 Å². The standard InChI is InChI=1S/C11H26N2/c1-5-9-13(6-2)10-7-8-11(3)12-4/h11-12H,5-10H2,1-4H3. The molecule has 0 amide bonds. The Bertz CT molecular complexity index is 104. The summed E-state index contributed by atoms with van der Waals surface area (Å²) in [4.78, 5) is 2.53. The third-order valence-corrected chi connectivity index (χ3v) is 2.59. The largest absolute Gasteiger partial charge is 0.317 e. The molecule has 0 aliphatic heterocycles. The van der Waals surface area contributed by atoms with Crippen LogP contribution in [0.1, 0.15) is 40.0 Å². The molecule has 1 unspecified atom stereocenters. The van der Waals surface area contributed by atoms with Crippen LogP contribution in [0.2, 0.25) is 0 Å². The van der Waals surface area contributed by atoms with E-state index in [4.69, 9.17) is 0 Å². The molecule has 13 heavy (non-hydrogen) atoms. The van der Waals surface area contributed by atoms with Crippen LogP contribution in [0.4, 0.5) is 0 Å². The van der Waals surface area contributed by atoms with E-state index in [1.807, 2.05) is 7.05 Å². The molecule has 1 N–H and O–H groups in total. The minimum absolute atomic E-state index is 0.667. The molecule has 0 aromatic rings. The first-order valence-corrected chi connectivity index (χ1v) is 5.64. The summed E-state index contributed by atoms with van der Waals surface area (Å²) in [6, 6.07) is 0.667. The van der Waals surface area contributed by atoms with Crippen LogP contribution < -0.4 is 5.32 Å². The number of nitrogens with zero attached hydrogens (tertiary/aromatic N) is 1. The van der Waals surface area contributed by atoms with Crippen molar-refractivity contribution in [3.8, 4) is 0 Å². The molecule has 1 atom stereocenters. The zero-order valence-corrected chi connectivity index (χ0v) is 9.77. The van der Waals surface area contributed by atoms with E-state index in [1.54, 1.807) is 0 Å². The Morgan fingerprint density at radius 1 is 1.23 bits per heavy atom. The molecule has 0 spiro atoms. The van der Waals surface area contributed by atoms with E-state index < -0.39 is 0 Å². The van der Waals surface area contributed by atoms with Crippen LogP contribution in [0.25, 0.3) is 0 Å². The van der Waals surface area contributed by atoms with Crippen LogP contribution in [0.15, 0.2) is 0 Å². The van der Waals surface area contributed by atoms with Gasteiger partial charge in [-0.15, -0.1) is 0 Å². The average molecular weight is 186 g/mol. The van der Waals surface area contributed by atoms with Gasteiger partial charge in [0.2, 0.25) is 0 Å². The quantitative estimate of drug-likeness (QED) is 0.624. The molecule has 0 aliphatic carbocycles. The maximum atomic E-state index is 3.27. The molecule has 0 saturated carbocycles. The molecule has 0 saturated heterocycles. The fourth-order valence-corrected chi connectivity index (χ4v) is 1.51. The van der Waals surface area contributed by atoms with E-state index >= 15 is 0 Å². The summed E-state index contributed by atoms with van der Waals surface area (Å²) in [6.07, 6.45) is 3.88. The van der Waals surface area contributed by atoms with Gasteiger partial charge in [-0.05, 0) is 52.9 Å². The molecule has 0 radical (unpaired) electrons. The number of nitrogens with one attached hydrogen (secondary N) is 1. The van der Waals surface area contributed by atoms with Gasteiger partial charge in [-0.2, -0.15) is 0 Å². The molecule has 2 nitrogen and oxygen atoms in total. The Kier molecular flexibility index (Phi) is 8.46. The Morgan fingerprint density at radius 3 is 2.38 bits per heavy atom. The van der Waals surface area contributed by atoms with Gasteiger partial charge in [0, 0.05) is 6.04 Å². The highest BCUT2D eigenvalue weighted by Gasteiger charge is 2.02. The molecule has 0 heterocycles. The summed E-state index contributed by atoms with van der Waals surface area (Å²) >= 11 is 0. The van der Waals surface area contributed by atoms with Gasteiger partial charge in [0.1, 0.15) is 0 Å². The number of hydrogen-bond acceptors (Lipinski definition) is 2. The molecular weight excluding hydrogens is 160 g/mol. The molecular formula is C11H26N2. The Balaban J connectivity index is 3.37. The van der Waals surface area contributed by atoms with Crippen molar-refractivity contribution in [1.29, 1.82) is 0 Å². The van der Waals surface area contributed by atoms with Gasteiger partial charge in [0.25, 0.3) is 0 Å². The van der Waals surface area contributed by atoms with Crippen LogP contribution in [0.3, 0.4) is 0 Å². The van der Waals surface area contributed by atoms with Crippen molar-refractivity contribution in [2.24, 2.45) is 0 Å². The summed E-state index contributed by atoms with van der Waals surface area (Å²) in [7, 11) is 2.04. The highest BCUT2D eigenvalue weighted by atomic mass is 15.1. The van der Waals surface area contributed by atoms with E-state index in [0.717, 1.165) is 0 Å². The van der Waals surface area contributed by atoms with Crippen LogP contribution in [0.5, 0.6) is 0 Å². The zero-order chi connectivity index (χ0) is 10.1. The Labute approximate surface area is 83.7 Å². The monoisotopic (exact) mass is 186 g/mol. The minimum atomic E-state index is 0.667. The second-order valence-electron chi connectivity index (χ2n) is 3.77. The highest BCUT2D eigenvalue weighted by Crippen LogP contribution is 1.99. The normalized spacial score (nSPS) is 13.6. The molecule has 0 rings (SSSR count). The maximum Gasteiger partial charge on any atom is 0.00362 e. The third kappa shape index (κ3) is 7.03. The van der Waals surface area contributed by atoms with E-state index in [1.165, 1.54) is 38.9 Å². The Hall–Kier alpha value is -0.0800. The first-order valence-electron chi connectivity index (χ1n) is 5.64. The van der Waals surface area contributed by atoms with Crippen LogP contribution in [0, 0.1) is 0 Å². The number of hydrogen-bond donors (Lipinski definition) is 1. The topological polar surface area (TPSA) is 15.3 Å². The third-order valence-electron chi connectivity index (χ3n) is 2.59. The SMILES string of the molecule is CCCN(CC)CCCC(C)NC. The van der Waals surface area contributed by atoms with Crippen LogP contribution in [-0.2, 0) is 0 Å². The predicted molar refractivity (Wildman–Crippen MR) is 60.2 cm³/mol. The second-order valence-corrected chi connectivity index (χ2v) is 3.77. The van der Waals surface area contributed by atoms with Crippen molar-refractivity contribution >= 4 is 0 Å². The zero-order valence-electron chi connectivity index (χ0n) is 9.77. The van der Waals surface area contributed by atoms with Gasteiger partial charge in [-0.25, -0.2) is 0 Å². The lowest BCUT2D eigenvalue weighted by Gasteiger charge is -2.20. The first-order chi connectivity index (χ1) is 6.24. The van der Waals surface area contributed by atoms with Crippen molar-refractivity contribution in [3.05, 3.63) is 0 Å². The van der Waals surface area contributed by atoms with Gasteiger partial charge in [-0.3, -0.25) is 0 Å². The van der Waals surface area contributed by atoms with Gasteiger partial charge in [-0.1, -0.05) is 13.8 Å². The summed E-state index contributed by atoms with van der Waals surface area (Å²) in [5, 5.41) is 3.27. The highest BCUT2D eigenvalue weighted by molar-refractivity contribution is 4.60. The molecule has 0 aliphatic rings. The van der Waals surface area contributed by atoms with Crippen molar-refractivity contribution in [3.63, 3.8) is 0 Å².